The zero-order valence-corrected chi connectivity index (χ0v) is 12.1. The second kappa shape index (κ2) is 5.78. The molecule has 0 bridgehead atoms. The van der Waals surface area contributed by atoms with Gasteiger partial charge in [-0.05, 0) is 11.8 Å². The van der Waals surface area contributed by atoms with E-state index in [1.807, 2.05) is 0 Å². The number of thiazole rings is 1. The van der Waals surface area contributed by atoms with Crippen LogP contribution in [0.25, 0.3) is 0 Å². The molecule has 0 saturated heterocycles. The number of hydrogen-bond donors (Lipinski definition) is 1. The lowest BCUT2D eigenvalue weighted by molar-refractivity contribution is 0.379. The molecule has 0 amide bonds. The van der Waals surface area contributed by atoms with Crippen LogP contribution in [-0.4, -0.2) is 11.0 Å². The van der Waals surface area contributed by atoms with E-state index in [9.17, 15) is 0 Å². The topological polar surface area (TPSA) is 24.9 Å². The Labute approximate surface area is 103 Å². The molecule has 0 aliphatic heterocycles. The lowest BCUT2D eigenvalue weighted by Crippen LogP contribution is -2.31. The third kappa shape index (κ3) is 3.56. The van der Waals surface area contributed by atoms with Gasteiger partial charge in [0.05, 0.1) is 11.7 Å². The summed E-state index contributed by atoms with van der Waals surface area (Å²) in [7, 11) is 0. The first kappa shape index (κ1) is 13.7. The fraction of sp³-hybridized carbons (Fsp3) is 0.769. The predicted octanol–water partition coefficient (Wildman–Crippen LogP) is 3.96. The van der Waals surface area contributed by atoms with E-state index >= 15 is 0 Å². The minimum atomic E-state index is 0.387. The first-order valence-electron chi connectivity index (χ1n) is 6.13. The highest BCUT2D eigenvalue weighted by Crippen LogP contribution is 2.27. The highest BCUT2D eigenvalue weighted by Gasteiger charge is 2.20. The molecule has 0 aliphatic carbocycles. The molecule has 3 heteroatoms. The lowest BCUT2D eigenvalue weighted by atomic mass is 10.0. The Bertz CT molecular complexity index is 315. The Morgan fingerprint density at radius 2 is 1.75 bits per heavy atom. The van der Waals surface area contributed by atoms with Crippen molar-refractivity contribution in [3.63, 3.8) is 0 Å². The van der Waals surface area contributed by atoms with E-state index in [0.29, 0.717) is 23.9 Å². The van der Waals surface area contributed by atoms with Gasteiger partial charge in [0.15, 0.2) is 0 Å². The average Bonchev–Trinajstić information content (AvgIpc) is 2.61. The highest BCUT2D eigenvalue weighted by molar-refractivity contribution is 7.09. The Morgan fingerprint density at radius 3 is 2.12 bits per heavy atom. The summed E-state index contributed by atoms with van der Waals surface area (Å²) in [6.07, 6.45) is 0. The zero-order valence-electron chi connectivity index (χ0n) is 11.2. The largest absolute Gasteiger partial charge is 0.305 e. The number of nitrogens with one attached hydrogen (secondary N) is 1. The molecule has 1 aromatic rings. The summed E-state index contributed by atoms with van der Waals surface area (Å²) in [5, 5.41) is 7.02. The molecular weight excluding hydrogens is 216 g/mol. The highest BCUT2D eigenvalue weighted by atomic mass is 32.1. The smallest absolute Gasteiger partial charge is 0.110 e. The number of aromatic nitrogens is 1. The number of nitrogens with zero attached hydrogens (tertiary/aromatic N) is 1. The predicted molar refractivity (Wildman–Crippen MR) is 72.1 cm³/mol. The van der Waals surface area contributed by atoms with E-state index in [2.05, 4.69) is 52.2 Å². The number of rotatable bonds is 5. The molecule has 92 valence electrons. The molecule has 2 nitrogen and oxygen atoms in total. The summed E-state index contributed by atoms with van der Waals surface area (Å²) < 4.78 is 0. The van der Waals surface area contributed by atoms with Crippen molar-refractivity contribution in [2.45, 2.75) is 59.5 Å². The summed E-state index contributed by atoms with van der Waals surface area (Å²) in [6.45, 7) is 13.3. The van der Waals surface area contributed by atoms with Crippen LogP contribution in [0, 0.1) is 5.92 Å². The van der Waals surface area contributed by atoms with Crippen molar-refractivity contribution in [1.82, 2.24) is 10.3 Å². The van der Waals surface area contributed by atoms with Gasteiger partial charge in [-0.25, -0.2) is 4.98 Å². The molecule has 0 aromatic carbocycles. The first-order valence-corrected chi connectivity index (χ1v) is 7.01. The summed E-state index contributed by atoms with van der Waals surface area (Å²) in [4.78, 5) is 4.74. The molecule has 1 rings (SSSR count). The fourth-order valence-electron chi connectivity index (χ4n) is 1.62. The number of hydrogen-bond acceptors (Lipinski definition) is 3. The van der Waals surface area contributed by atoms with Crippen LogP contribution in [0.15, 0.2) is 5.38 Å². The second-order valence-electron chi connectivity index (χ2n) is 5.31. The van der Waals surface area contributed by atoms with Crippen LogP contribution in [0.4, 0.5) is 0 Å². The molecule has 0 fully saturated rings. The Hall–Kier alpha value is -0.410. The molecular formula is C13H24N2S. The van der Waals surface area contributed by atoms with Gasteiger partial charge in [0.2, 0.25) is 0 Å². The summed E-state index contributed by atoms with van der Waals surface area (Å²) in [6, 6.07) is 0.885. The molecule has 1 aromatic heterocycles. The maximum atomic E-state index is 4.74. The summed E-state index contributed by atoms with van der Waals surface area (Å²) in [5.41, 5.74) is 1.22. The second-order valence-corrected chi connectivity index (χ2v) is 6.20. The minimum Gasteiger partial charge on any atom is -0.305 e. The summed E-state index contributed by atoms with van der Waals surface area (Å²) >= 11 is 1.78. The van der Waals surface area contributed by atoms with Crippen LogP contribution in [-0.2, 0) is 0 Å². The third-order valence-electron chi connectivity index (χ3n) is 2.58. The molecule has 0 radical (unpaired) electrons. The van der Waals surface area contributed by atoms with Crippen LogP contribution < -0.4 is 5.32 Å². The summed E-state index contributed by atoms with van der Waals surface area (Å²) in [5.74, 6) is 1.10. The monoisotopic (exact) mass is 240 g/mol. The third-order valence-corrected chi connectivity index (χ3v) is 3.52. The SMILES string of the molecule is CC(C)NC(c1nc(C(C)C)cs1)C(C)C. The molecule has 16 heavy (non-hydrogen) atoms. The van der Waals surface area contributed by atoms with Crippen LogP contribution in [0.1, 0.15) is 64.2 Å². The molecule has 0 saturated carbocycles. The molecule has 1 N–H and O–H groups in total. The minimum absolute atomic E-state index is 0.387. The first-order chi connectivity index (χ1) is 7.41. The van der Waals surface area contributed by atoms with E-state index in [0.717, 1.165) is 0 Å². The van der Waals surface area contributed by atoms with Gasteiger partial charge >= 0.3 is 0 Å². The van der Waals surface area contributed by atoms with Crippen molar-refractivity contribution in [3.8, 4) is 0 Å². The van der Waals surface area contributed by atoms with E-state index in [4.69, 9.17) is 4.98 Å². The Balaban J connectivity index is 2.84. The van der Waals surface area contributed by atoms with Gasteiger partial charge in [-0.2, -0.15) is 0 Å². The van der Waals surface area contributed by atoms with Crippen molar-refractivity contribution in [1.29, 1.82) is 0 Å². The van der Waals surface area contributed by atoms with Crippen molar-refractivity contribution < 1.29 is 0 Å². The van der Waals surface area contributed by atoms with Crippen molar-refractivity contribution in [2.75, 3.05) is 0 Å². The molecule has 1 unspecified atom stereocenters. The van der Waals surface area contributed by atoms with Crippen LogP contribution in [0.5, 0.6) is 0 Å². The van der Waals surface area contributed by atoms with Crippen molar-refractivity contribution >= 4 is 11.3 Å². The quantitative estimate of drug-likeness (QED) is 0.842. The van der Waals surface area contributed by atoms with E-state index in [-0.39, 0.29) is 0 Å². The molecule has 0 spiro atoms. The van der Waals surface area contributed by atoms with E-state index in [1.165, 1.54) is 10.7 Å². The van der Waals surface area contributed by atoms with Gasteiger partial charge in [0.1, 0.15) is 5.01 Å². The van der Waals surface area contributed by atoms with E-state index in [1.54, 1.807) is 11.3 Å². The molecule has 1 atom stereocenters. The van der Waals surface area contributed by atoms with E-state index < -0.39 is 0 Å². The van der Waals surface area contributed by atoms with Crippen molar-refractivity contribution in [3.05, 3.63) is 16.1 Å². The van der Waals surface area contributed by atoms with Crippen LogP contribution in [0.3, 0.4) is 0 Å². The van der Waals surface area contributed by atoms with Gasteiger partial charge in [-0.15, -0.1) is 11.3 Å². The van der Waals surface area contributed by atoms with Crippen molar-refractivity contribution in [2.24, 2.45) is 5.92 Å². The van der Waals surface area contributed by atoms with Gasteiger partial charge < -0.3 is 5.32 Å². The van der Waals surface area contributed by atoms with Gasteiger partial charge in [-0.1, -0.05) is 41.5 Å². The molecule has 1 heterocycles. The lowest BCUT2D eigenvalue weighted by Gasteiger charge is -2.22. The average molecular weight is 240 g/mol. The molecule has 0 aliphatic rings. The van der Waals surface area contributed by atoms with Gasteiger partial charge in [0, 0.05) is 11.4 Å². The Morgan fingerprint density at radius 1 is 1.12 bits per heavy atom. The van der Waals surface area contributed by atoms with Gasteiger partial charge in [-0.3, -0.25) is 0 Å². The normalized spacial score (nSPS) is 14.1. The van der Waals surface area contributed by atoms with Crippen LogP contribution >= 0.6 is 11.3 Å². The fourth-order valence-corrected chi connectivity index (χ4v) is 2.83. The van der Waals surface area contributed by atoms with Gasteiger partial charge in [0.25, 0.3) is 0 Å². The maximum Gasteiger partial charge on any atom is 0.110 e. The zero-order chi connectivity index (χ0) is 12.3. The standard InChI is InChI=1S/C13H24N2S/c1-8(2)11-7-16-13(15-11)12(9(3)4)14-10(5)6/h7-10,12,14H,1-6H3. The maximum absolute atomic E-state index is 4.74. The Kier molecular flexibility index (Phi) is 4.93. The van der Waals surface area contributed by atoms with Crippen LogP contribution in [0.2, 0.25) is 0 Å².